The maximum absolute atomic E-state index is 6.23. The summed E-state index contributed by atoms with van der Waals surface area (Å²) in [6, 6.07) is 11.7. The topological polar surface area (TPSA) is 48.3 Å². The highest BCUT2D eigenvalue weighted by Gasteiger charge is 2.12. The molecule has 7 heteroatoms. The highest BCUT2D eigenvalue weighted by molar-refractivity contribution is 9.10. The van der Waals surface area contributed by atoms with E-state index in [2.05, 4.69) is 30.8 Å². The van der Waals surface area contributed by atoms with Gasteiger partial charge in [0.05, 0.1) is 12.9 Å². The molecule has 29 heavy (non-hydrogen) atoms. The van der Waals surface area contributed by atoms with Crippen LogP contribution in [0.25, 0.3) is 0 Å². The van der Waals surface area contributed by atoms with Gasteiger partial charge in [-0.1, -0.05) is 45.7 Å². The minimum Gasteiger partial charge on any atom is -0.490 e. The molecule has 5 nitrogen and oxygen atoms in total. The van der Waals surface area contributed by atoms with Crippen molar-refractivity contribution in [3.63, 3.8) is 0 Å². The van der Waals surface area contributed by atoms with E-state index < -0.39 is 0 Å². The summed E-state index contributed by atoms with van der Waals surface area (Å²) in [6.45, 7) is 5.54. The number of aryl methyl sites for hydroxylation is 1. The largest absolute Gasteiger partial charge is 0.490 e. The Morgan fingerprint density at radius 3 is 2.72 bits per heavy atom. The normalized spacial score (nSPS) is 10.9. The Labute approximate surface area is 185 Å². The Kier molecular flexibility index (Phi) is 8.40. The molecule has 0 bridgehead atoms. The van der Waals surface area contributed by atoms with Gasteiger partial charge < -0.3 is 19.4 Å². The molecule has 0 atom stereocenters. The van der Waals surface area contributed by atoms with Crippen LogP contribution in [0.5, 0.6) is 11.5 Å². The van der Waals surface area contributed by atoms with Crippen molar-refractivity contribution in [1.82, 2.24) is 14.9 Å². The average molecular weight is 479 g/mol. The van der Waals surface area contributed by atoms with E-state index in [4.69, 9.17) is 21.1 Å². The monoisotopic (exact) mass is 477 g/mol. The lowest BCUT2D eigenvalue weighted by atomic mass is 10.2. The quantitative estimate of drug-likeness (QED) is 0.372. The van der Waals surface area contributed by atoms with Crippen molar-refractivity contribution in [3.8, 4) is 11.5 Å². The first-order chi connectivity index (χ1) is 14.2. The summed E-state index contributed by atoms with van der Waals surface area (Å²) in [7, 11) is 0. The number of benzene rings is 2. The Bertz CT molecular complexity index is 903. The van der Waals surface area contributed by atoms with Gasteiger partial charge in [-0.2, -0.15) is 0 Å². The van der Waals surface area contributed by atoms with E-state index >= 15 is 0 Å². The molecule has 3 rings (SSSR count). The first kappa shape index (κ1) is 21.7. The third-order valence-corrected chi connectivity index (χ3v) is 5.51. The van der Waals surface area contributed by atoms with Crippen LogP contribution in [0.1, 0.15) is 24.5 Å². The van der Waals surface area contributed by atoms with Gasteiger partial charge in [-0.05, 0) is 43.7 Å². The Morgan fingerprint density at radius 2 is 1.97 bits per heavy atom. The number of ether oxygens (including phenoxy) is 2. The lowest BCUT2D eigenvalue weighted by molar-refractivity contribution is 0.269. The summed E-state index contributed by atoms with van der Waals surface area (Å²) in [5.41, 5.74) is 2.07. The molecule has 0 aliphatic rings. The fraction of sp³-hybridized carbons (Fsp3) is 0.318. The Balaban J connectivity index is 1.58. The summed E-state index contributed by atoms with van der Waals surface area (Å²) >= 11 is 9.89. The van der Waals surface area contributed by atoms with Crippen molar-refractivity contribution in [2.45, 2.75) is 33.0 Å². The standard InChI is InChI=1S/C22H25BrClN3O2/c1-2-28-21-12-18(14-25-8-5-10-27-11-9-26-16-27)19(23)13-22(21)29-15-17-6-3-4-7-20(17)24/h3-4,6-7,9,11-13,16,25H,2,5,8,10,14-15H2,1H3. The molecule has 1 N–H and O–H groups in total. The maximum atomic E-state index is 6.23. The van der Waals surface area contributed by atoms with Crippen LogP contribution in [0.3, 0.4) is 0 Å². The third-order valence-electron chi connectivity index (χ3n) is 4.40. The number of rotatable bonds is 11. The van der Waals surface area contributed by atoms with Gasteiger partial charge in [0, 0.05) is 40.5 Å². The third kappa shape index (κ3) is 6.49. The van der Waals surface area contributed by atoms with E-state index in [-0.39, 0.29) is 0 Å². The van der Waals surface area contributed by atoms with E-state index in [9.17, 15) is 0 Å². The van der Waals surface area contributed by atoms with Gasteiger partial charge in [-0.3, -0.25) is 0 Å². The van der Waals surface area contributed by atoms with Crippen LogP contribution in [0.2, 0.25) is 5.02 Å². The molecule has 0 spiro atoms. The Morgan fingerprint density at radius 1 is 1.14 bits per heavy atom. The molecule has 1 aromatic heterocycles. The number of halogens is 2. The minimum atomic E-state index is 0.387. The molecule has 1 heterocycles. The van der Waals surface area contributed by atoms with Crippen LogP contribution >= 0.6 is 27.5 Å². The number of hydrogen-bond acceptors (Lipinski definition) is 4. The fourth-order valence-corrected chi connectivity index (χ4v) is 3.55. The van der Waals surface area contributed by atoms with Gasteiger partial charge in [-0.15, -0.1) is 0 Å². The predicted octanol–water partition coefficient (Wildman–Crippen LogP) is 5.46. The minimum absolute atomic E-state index is 0.387. The second-order valence-corrected chi connectivity index (χ2v) is 7.80. The van der Waals surface area contributed by atoms with Crippen molar-refractivity contribution < 1.29 is 9.47 Å². The molecule has 0 saturated heterocycles. The molecule has 0 radical (unpaired) electrons. The molecule has 0 unspecified atom stereocenters. The highest BCUT2D eigenvalue weighted by Crippen LogP contribution is 2.34. The molecule has 0 fully saturated rings. The summed E-state index contributed by atoms with van der Waals surface area (Å²) in [6.07, 6.45) is 6.65. The number of aromatic nitrogens is 2. The van der Waals surface area contributed by atoms with E-state index in [0.717, 1.165) is 47.4 Å². The zero-order chi connectivity index (χ0) is 20.5. The van der Waals surface area contributed by atoms with E-state index in [0.29, 0.717) is 24.0 Å². The van der Waals surface area contributed by atoms with Crippen LogP contribution in [0.15, 0.2) is 59.6 Å². The number of hydrogen-bond donors (Lipinski definition) is 1. The summed E-state index contributed by atoms with van der Waals surface area (Å²) in [4.78, 5) is 4.06. The molecule has 0 saturated carbocycles. The highest BCUT2D eigenvalue weighted by atomic mass is 79.9. The van der Waals surface area contributed by atoms with Gasteiger partial charge in [-0.25, -0.2) is 4.98 Å². The summed E-state index contributed by atoms with van der Waals surface area (Å²) in [5, 5.41) is 4.18. The second kappa shape index (κ2) is 11.2. The second-order valence-electron chi connectivity index (χ2n) is 6.53. The molecular weight excluding hydrogens is 454 g/mol. The SMILES string of the molecule is CCOc1cc(CNCCCn2ccnc2)c(Br)cc1OCc1ccccc1Cl. The van der Waals surface area contributed by atoms with Crippen LogP contribution in [0, 0.1) is 0 Å². The predicted molar refractivity (Wildman–Crippen MR) is 120 cm³/mol. The molecule has 3 aromatic rings. The van der Waals surface area contributed by atoms with Crippen molar-refractivity contribution in [1.29, 1.82) is 0 Å². The molecule has 154 valence electrons. The summed E-state index contributed by atoms with van der Waals surface area (Å²) in [5.74, 6) is 1.43. The zero-order valence-corrected chi connectivity index (χ0v) is 18.7. The molecule has 2 aromatic carbocycles. The smallest absolute Gasteiger partial charge is 0.162 e. The lowest BCUT2D eigenvalue weighted by Gasteiger charge is -2.16. The molecule has 0 aliphatic heterocycles. The van der Waals surface area contributed by atoms with Crippen LogP contribution in [0.4, 0.5) is 0 Å². The first-order valence-electron chi connectivity index (χ1n) is 9.65. The van der Waals surface area contributed by atoms with Gasteiger partial charge in [0.25, 0.3) is 0 Å². The van der Waals surface area contributed by atoms with Gasteiger partial charge in [0.1, 0.15) is 6.61 Å². The van der Waals surface area contributed by atoms with Crippen LogP contribution < -0.4 is 14.8 Å². The molecule has 0 amide bonds. The summed E-state index contributed by atoms with van der Waals surface area (Å²) < 4.78 is 14.9. The van der Waals surface area contributed by atoms with E-state index in [1.165, 1.54) is 0 Å². The zero-order valence-electron chi connectivity index (χ0n) is 16.4. The maximum Gasteiger partial charge on any atom is 0.162 e. The number of nitrogens with one attached hydrogen (secondary N) is 1. The molecular formula is C22H25BrClN3O2. The van der Waals surface area contributed by atoms with Crippen molar-refractivity contribution in [2.24, 2.45) is 0 Å². The fourth-order valence-electron chi connectivity index (χ4n) is 2.89. The van der Waals surface area contributed by atoms with Crippen LogP contribution in [-0.2, 0) is 19.7 Å². The first-order valence-corrected chi connectivity index (χ1v) is 10.8. The van der Waals surface area contributed by atoms with Crippen molar-refractivity contribution in [3.05, 3.63) is 75.7 Å². The average Bonchev–Trinajstić information content (AvgIpc) is 3.23. The van der Waals surface area contributed by atoms with Crippen molar-refractivity contribution in [2.75, 3.05) is 13.2 Å². The number of imidazole rings is 1. The Hall–Kier alpha value is -2.02. The van der Waals surface area contributed by atoms with E-state index in [1.54, 1.807) is 6.20 Å². The number of nitrogens with zero attached hydrogens (tertiary/aromatic N) is 2. The van der Waals surface area contributed by atoms with Gasteiger partial charge in [0.15, 0.2) is 11.5 Å². The van der Waals surface area contributed by atoms with Crippen molar-refractivity contribution >= 4 is 27.5 Å². The van der Waals surface area contributed by atoms with E-state index in [1.807, 2.05) is 55.8 Å². The van der Waals surface area contributed by atoms with Crippen LogP contribution in [-0.4, -0.2) is 22.7 Å². The van der Waals surface area contributed by atoms with Gasteiger partial charge >= 0.3 is 0 Å². The molecule has 0 aliphatic carbocycles. The lowest BCUT2D eigenvalue weighted by Crippen LogP contribution is -2.16. The van der Waals surface area contributed by atoms with Gasteiger partial charge in [0.2, 0.25) is 0 Å².